The Kier molecular flexibility index (Phi) is 4.86. The summed E-state index contributed by atoms with van der Waals surface area (Å²) in [6, 6.07) is 4.29. The van der Waals surface area contributed by atoms with Crippen molar-refractivity contribution in [2.45, 2.75) is 25.8 Å². The molecule has 1 amide bonds. The highest BCUT2D eigenvalue weighted by Gasteiger charge is 2.14. The molecule has 3 nitrogen and oxygen atoms in total. The topological polar surface area (TPSA) is 49.3 Å². The minimum absolute atomic E-state index is 0.0809. The Hall–Kier alpha value is -1.66. The maximum Gasteiger partial charge on any atom is 0.255 e. The van der Waals surface area contributed by atoms with Gasteiger partial charge in [-0.05, 0) is 24.6 Å². The van der Waals surface area contributed by atoms with Gasteiger partial charge in [0, 0.05) is 17.5 Å². The molecule has 0 aliphatic rings. The SMILES string of the molecule is C#CCC(CC)NC(=O)c1ccc(Cl)cc1O. The van der Waals surface area contributed by atoms with Crippen LogP contribution in [0.1, 0.15) is 30.1 Å². The fourth-order valence-electron chi connectivity index (χ4n) is 1.40. The van der Waals surface area contributed by atoms with E-state index in [1.165, 1.54) is 12.1 Å². The number of terminal acetylenes is 1. The molecule has 0 bridgehead atoms. The lowest BCUT2D eigenvalue weighted by Crippen LogP contribution is -2.34. The monoisotopic (exact) mass is 251 g/mol. The summed E-state index contributed by atoms with van der Waals surface area (Å²) in [4.78, 5) is 11.8. The van der Waals surface area contributed by atoms with E-state index in [1.54, 1.807) is 6.07 Å². The van der Waals surface area contributed by atoms with E-state index < -0.39 is 0 Å². The molecule has 1 atom stereocenters. The van der Waals surface area contributed by atoms with Crippen LogP contribution in [0.2, 0.25) is 5.02 Å². The Balaban J connectivity index is 2.79. The maximum atomic E-state index is 11.8. The molecule has 2 N–H and O–H groups in total. The van der Waals surface area contributed by atoms with Crippen molar-refractivity contribution in [1.82, 2.24) is 5.32 Å². The molecule has 0 saturated carbocycles. The van der Waals surface area contributed by atoms with Crippen LogP contribution in [0.3, 0.4) is 0 Å². The van der Waals surface area contributed by atoms with Crippen LogP contribution in [0.15, 0.2) is 18.2 Å². The number of carbonyl (C=O) groups is 1. The fourth-order valence-corrected chi connectivity index (χ4v) is 1.57. The van der Waals surface area contributed by atoms with Crippen molar-refractivity contribution in [3.05, 3.63) is 28.8 Å². The van der Waals surface area contributed by atoms with E-state index in [1.807, 2.05) is 6.92 Å². The molecule has 1 aromatic rings. The molecule has 1 rings (SSSR count). The number of hydrogen-bond donors (Lipinski definition) is 2. The lowest BCUT2D eigenvalue weighted by atomic mass is 10.1. The van der Waals surface area contributed by atoms with Crippen LogP contribution in [0.25, 0.3) is 0 Å². The van der Waals surface area contributed by atoms with Crippen LogP contribution in [0.4, 0.5) is 0 Å². The standard InChI is InChI=1S/C13H14ClNO2/c1-3-5-10(4-2)15-13(17)11-7-6-9(14)8-12(11)16/h1,6-8,10,16H,4-5H2,2H3,(H,15,17). The van der Waals surface area contributed by atoms with Gasteiger partial charge in [0.25, 0.3) is 5.91 Å². The molecule has 0 fully saturated rings. The molecule has 0 saturated heterocycles. The number of rotatable bonds is 4. The number of phenolic OH excluding ortho intramolecular Hbond substituents is 1. The lowest BCUT2D eigenvalue weighted by Gasteiger charge is -2.14. The second-order valence-corrected chi connectivity index (χ2v) is 4.08. The van der Waals surface area contributed by atoms with Gasteiger partial charge in [-0.3, -0.25) is 4.79 Å². The van der Waals surface area contributed by atoms with Crippen LogP contribution in [-0.4, -0.2) is 17.1 Å². The molecule has 1 aromatic carbocycles. The Morgan fingerprint density at radius 3 is 2.88 bits per heavy atom. The fraction of sp³-hybridized carbons (Fsp3) is 0.308. The summed E-state index contributed by atoms with van der Waals surface area (Å²) in [5.74, 6) is 2.02. The van der Waals surface area contributed by atoms with Crippen LogP contribution in [0.5, 0.6) is 5.75 Å². The van der Waals surface area contributed by atoms with Gasteiger partial charge in [0.05, 0.1) is 5.56 Å². The Labute approximate surface area is 106 Å². The molecule has 0 heterocycles. The van der Waals surface area contributed by atoms with Crippen molar-refractivity contribution < 1.29 is 9.90 Å². The van der Waals surface area contributed by atoms with Crippen LogP contribution < -0.4 is 5.32 Å². The van der Waals surface area contributed by atoms with Gasteiger partial charge in [-0.1, -0.05) is 18.5 Å². The summed E-state index contributed by atoms with van der Waals surface area (Å²) in [6.07, 6.45) is 6.41. The minimum atomic E-state index is -0.346. The average molecular weight is 252 g/mol. The number of nitrogens with one attached hydrogen (secondary N) is 1. The minimum Gasteiger partial charge on any atom is -0.507 e. The highest BCUT2D eigenvalue weighted by molar-refractivity contribution is 6.30. The second-order valence-electron chi connectivity index (χ2n) is 3.65. The zero-order valence-corrected chi connectivity index (χ0v) is 10.3. The maximum absolute atomic E-state index is 11.8. The molecule has 0 spiro atoms. The van der Waals surface area contributed by atoms with Gasteiger partial charge in [-0.15, -0.1) is 12.3 Å². The van der Waals surface area contributed by atoms with E-state index in [-0.39, 0.29) is 23.3 Å². The van der Waals surface area contributed by atoms with Gasteiger partial charge in [-0.2, -0.15) is 0 Å². The highest BCUT2D eigenvalue weighted by Crippen LogP contribution is 2.21. The zero-order valence-electron chi connectivity index (χ0n) is 9.53. The number of benzene rings is 1. The van der Waals surface area contributed by atoms with Crippen molar-refractivity contribution in [2.24, 2.45) is 0 Å². The largest absolute Gasteiger partial charge is 0.507 e. The molecule has 17 heavy (non-hydrogen) atoms. The van der Waals surface area contributed by atoms with Gasteiger partial charge in [-0.25, -0.2) is 0 Å². The van der Waals surface area contributed by atoms with Crippen LogP contribution in [0, 0.1) is 12.3 Å². The number of aromatic hydroxyl groups is 1. The zero-order chi connectivity index (χ0) is 12.8. The predicted molar refractivity (Wildman–Crippen MR) is 68.1 cm³/mol. The number of carbonyl (C=O) groups excluding carboxylic acids is 1. The van der Waals surface area contributed by atoms with Crippen molar-refractivity contribution in [3.8, 4) is 18.1 Å². The average Bonchev–Trinajstić information content (AvgIpc) is 2.28. The molecule has 0 aromatic heterocycles. The first-order valence-electron chi connectivity index (χ1n) is 5.31. The number of phenols is 1. The van der Waals surface area contributed by atoms with Crippen LogP contribution >= 0.6 is 11.6 Å². The third-order valence-electron chi connectivity index (χ3n) is 2.40. The Morgan fingerprint density at radius 2 is 2.35 bits per heavy atom. The quantitative estimate of drug-likeness (QED) is 0.808. The smallest absolute Gasteiger partial charge is 0.255 e. The van der Waals surface area contributed by atoms with Crippen molar-refractivity contribution in [1.29, 1.82) is 0 Å². The van der Waals surface area contributed by atoms with Gasteiger partial charge < -0.3 is 10.4 Å². The molecule has 1 unspecified atom stereocenters. The van der Waals surface area contributed by atoms with Gasteiger partial charge in [0.15, 0.2) is 0 Å². The summed E-state index contributed by atoms with van der Waals surface area (Å²) >= 11 is 5.69. The molecule has 0 aliphatic heterocycles. The first-order chi connectivity index (χ1) is 8.08. The van der Waals surface area contributed by atoms with Crippen molar-refractivity contribution >= 4 is 17.5 Å². The summed E-state index contributed by atoms with van der Waals surface area (Å²) in [5.41, 5.74) is 0.199. The van der Waals surface area contributed by atoms with E-state index >= 15 is 0 Å². The molecular formula is C13H14ClNO2. The van der Waals surface area contributed by atoms with E-state index in [2.05, 4.69) is 11.2 Å². The van der Waals surface area contributed by atoms with E-state index in [0.717, 1.165) is 6.42 Å². The predicted octanol–water partition coefficient (Wildman–Crippen LogP) is 2.58. The van der Waals surface area contributed by atoms with Gasteiger partial charge >= 0.3 is 0 Å². The van der Waals surface area contributed by atoms with E-state index in [0.29, 0.717) is 11.4 Å². The number of halogens is 1. The second kappa shape index (κ2) is 6.17. The van der Waals surface area contributed by atoms with Crippen LogP contribution in [-0.2, 0) is 0 Å². The van der Waals surface area contributed by atoms with Gasteiger partial charge in [0.1, 0.15) is 5.75 Å². The Bertz CT molecular complexity index is 451. The van der Waals surface area contributed by atoms with Crippen molar-refractivity contribution in [2.75, 3.05) is 0 Å². The van der Waals surface area contributed by atoms with E-state index in [9.17, 15) is 9.90 Å². The first-order valence-corrected chi connectivity index (χ1v) is 5.69. The van der Waals surface area contributed by atoms with E-state index in [4.69, 9.17) is 18.0 Å². The molecule has 0 aliphatic carbocycles. The van der Waals surface area contributed by atoms with Gasteiger partial charge in [0.2, 0.25) is 0 Å². The lowest BCUT2D eigenvalue weighted by molar-refractivity contribution is 0.0934. The molecule has 90 valence electrons. The normalized spacial score (nSPS) is 11.6. The van der Waals surface area contributed by atoms with Crippen molar-refractivity contribution in [3.63, 3.8) is 0 Å². The third kappa shape index (κ3) is 3.69. The Morgan fingerprint density at radius 1 is 1.65 bits per heavy atom. The third-order valence-corrected chi connectivity index (χ3v) is 2.63. The summed E-state index contributed by atoms with van der Waals surface area (Å²) in [6.45, 7) is 1.93. The molecule has 0 radical (unpaired) electrons. The molecule has 4 heteroatoms. The number of hydrogen-bond acceptors (Lipinski definition) is 2. The highest BCUT2D eigenvalue weighted by atomic mass is 35.5. The summed E-state index contributed by atoms with van der Waals surface area (Å²) in [7, 11) is 0. The molecular weight excluding hydrogens is 238 g/mol. The summed E-state index contributed by atoms with van der Waals surface area (Å²) in [5, 5.41) is 12.7. The first kappa shape index (κ1) is 13.4. The summed E-state index contributed by atoms with van der Waals surface area (Å²) < 4.78 is 0. The number of amides is 1.